The number of thiazole rings is 1. The van der Waals surface area contributed by atoms with Gasteiger partial charge in [-0.1, -0.05) is 12.1 Å². The number of hydrogen-bond donors (Lipinski definition) is 1. The van der Waals surface area contributed by atoms with Crippen LogP contribution in [-0.2, 0) is 6.54 Å². The van der Waals surface area contributed by atoms with Gasteiger partial charge in [0.2, 0.25) is 0 Å². The maximum Gasteiger partial charge on any atom is 0.264 e. The van der Waals surface area contributed by atoms with Gasteiger partial charge in [-0.05, 0) is 23.9 Å². The number of amides is 1. The lowest BCUT2D eigenvalue weighted by Crippen LogP contribution is -2.26. The summed E-state index contributed by atoms with van der Waals surface area (Å²) in [5.74, 6) is 0.691. The number of anilines is 1. The van der Waals surface area contributed by atoms with Crippen LogP contribution in [0.2, 0.25) is 0 Å². The van der Waals surface area contributed by atoms with Crippen LogP contribution >= 0.6 is 34.0 Å². The van der Waals surface area contributed by atoms with Gasteiger partial charge in [0, 0.05) is 19.0 Å². The van der Waals surface area contributed by atoms with Crippen LogP contribution in [0.3, 0.4) is 0 Å². The van der Waals surface area contributed by atoms with Crippen molar-refractivity contribution in [3.05, 3.63) is 58.0 Å². The third-order valence-electron chi connectivity index (χ3n) is 4.36. The van der Waals surface area contributed by atoms with Gasteiger partial charge in [-0.2, -0.15) is 0 Å². The van der Waals surface area contributed by atoms with Gasteiger partial charge in [0.25, 0.3) is 5.91 Å². The van der Waals surface area contributed by atoms with Crippen molar-refractivity contribution < 1.29 is 4.79 Å². The summed E-state index contributed by atoms with van der Waals surface area (Å²) < 4.78 is 0. The highest BCUT2D eigenvalue weighted by Crippen LogP contribution is 2.34. The molecule has 0 unspecified atom stereocenters. The van der Waals surface area contributed by atoms with Crippen molar-refractivity contribution in [2.45, 2.75) is 13.5 Å². The van der Waals surface area contributed by atoms with Crippen molar-refractivity contribution in [2.24, 2.45) is 0 Å². The van der Waals surface area contributed by atoms with Crippen molar-refractivity contribution in [3.63, 3.8) is 0 Å². The molecule has 0 radical (unpaired) electrons. The fraction of sp³-hybridized carbons (Fsp3) is 0.200. The molecule has 0 saturated heterocycles. The lowest BCUT2D eigenvalue weighted by Gasteiger charge is -2.15. The molecule has 4 aromatic heterocycles. The van der Waals surface area contributed by atoms with E-state index in [1.165, 1.54) is 17.7 Å². The van der Waals surface area contributed by atoms with Crippen molar-refractivity contribution in [1.82, 2.24) is 19.9 Å². The largest absolute Gasteiger partial charge is 0.366 e. The maximum atomic E-state index is 13.1. The Bertz CT molecular complexity index is 1160. The summed E-state index contributed by atoms with van der Waals surface area (Å²) in [6.07, 6.45) is 3.29. The number of rotatable bonds is 7. The Morgan fingerprint density at radius 2 is 2.21 bits per heavy atom. The summed E-state index contributed by atoms with van der Waals surface area (Å²) in [5.41, 5.74) is 1.78. The number of fused-ring (bicyclic) bond motifs is 1. The Labute approximate surface area is 180 Å². The summed E-state index contributed by atoms with van der Waals surface area (Å²) in [6.45, 7) is 6.73. The fourth-order valence-electron chi connectivity index (χ4n) is 2.96. The van der Waals surface area contributed by atoms with E-state index < -0.39 is 0 Å². The van der Waals surface area contributed by atoms with Crippen LogP contribution in [0.4, 0.5) is 5.82 Å². The highest BCUT2D eigenvalue weighted by molar-refractivity contribution is 7.21. The van der Waals surface area contributed by atoms with Gasteiger partial charge in [-0.25, -0.2) is 15.0 Å². The Morgan fingerprint density at radius 1 is 1.34 bits per heavy atom. The monoisotopic (exact) mass is 441 g/mol. The van der Waals surface area contributed by atoms with Crippen LogP contribution < -0.4 is 5.32 Å². The van der Waals surface area contributed by atoms with Crippen LogP contribution in [0.15, 0.2) is 41.9 Å². The van der Waals surface area contributed by atoms with Gasteiger partial charge in [0.15, 0.2) is 0 Å². The van der Waals surface area contributed by atoms with E-state index in [2.05, 4.69) is 32.9 Å². The summed E-state index contributed by atoms with van der Waals surface area (Å²) in [6, 6.07) is 4.07. The van der Waals surface area contributed by atoms with Crippen LogP contribution in [0.5, 0.6) is 0 Å². The molecule has 0 atom stereocenters. The number of aryl methyl sites for hydroxylation is 1. The SMILES string of the molecule is C=CCNc1ncnc2sc(C(=O)N(C)Cc3csc(-c4cccs4)n3)c(C)c12. The molecule has 0 aliphatic heterocycles. The van der Waals surface area contributed by atoms with Gasteiger partial charge in [0.05, 0.1) is 27.4 Å². The Kier molecular flexibility index (Phi) is 5.70. The second-order valence-corrected chi connectivity index (χ2v) is 9.22. The van der Waals surface area contributed by atoms with E-state index in [-0.39, 0.29) is 5.91 Å². The Morgan fingerprint density at radius 3 is 2.97 bits per heavy atom. The third kappa shape index (κ3) is 3.93. The number of carbonyl (C=O) groups excluding carboxylic acids is 1. The van der Waals surface area contributed by atoms with Crippen LogP contribution in [-0.4, -0.2) is 39.4 Å². The third-order valence-corrected chi connectivity index (χ3v) is 7.48. The smallest absolute Gasteiger partial charge is 0.264 e. The molecule has 29 heavy (non-hydrogen) atoms. The van der Waals surface area contributed by atoms with Gasteiger partial charge in [-0.15, -0.1) is 40.6 Å². The quantitative estimate of drug-likeness (QED) is 0.406. The van der Waals surface area contributed by atoms with Crippen LogP contribution in [0.1, 0.15) is 20.9 Å². The molecule has 148 valence electrons. The zero-order valence-corrected chi connectivity index (χ0v) is 18.5. The lowest BCUT2D eigenvalue weighted by molar-refractivity contribution is 0.0788. The zero-order valence-electron chi connectivity index (χ0n) is 16.0. The van der Waals surface area contributed by atoms with Gasteiger partial charge >= 0.3 is 0 Å². The van der Waals surface area contributed by atoms with Crippen molar-refractivity contribution >= 4 is 56.0 Å². The number of nitrogens with one attached hydrogen (secondary N) is 1. The molecular weight excluding hydrogens is 422 g/mol. The minimum Gasteiger partial charge on any atom is -0.366 e. The molecule has 0 aromatic carbocycles. The second kappa shape index (κ2) is 8.40. The molecule has 0 aliphatic rings. The van der Waals surface area contributed by atoms with E-state index in [0.717, 1.165) is 37.2 Å². The average molecular weight is 442 g/mol. The molecule has 0 bridgehead atoms. The first kappa shape index (κ1) is 19.7. The average Bonchev–Trinajstić information content (AvgIpc) is 3.46. The number of thiophene rings is 2. The van der Waals surface area contributed by atoms with E-state index in [1.54, 1.807) is 40.7 Å². The molecule has 0 saturated carbocycles. The summed E-state index contributed by atoms with van der Waals surface area (Å²) in [7, 11) is 1.80. The van der Waals surface area contributed by atoms with E-state index in [1.807, 2.05) is 23.8 Å². The normalized spacial score (nSPS) is 11.0. The van der Waals surface area contributed by atoms with E-state index >= 15 is 0 Å². The first-order valence-corrected chi connectivity index (χ1v) is 11.5. The summed E-state index contributed by atoms with van der Waals surface area (Å²) in [4.78, 5) is 30.8. The molecule has 0 fully saturated rings. The van der Waals surface area contributed by atoms with E-state index in [4.69, 9.17) is 0 Å². The highest BCUT2D eigenvalue weighted by Gasteiger charge is 2.22. The molecule has 6 nitrogen and oxygen atoms in total. The Hall–Kier alpha value is -2.62. The predicted molar refractivity (Wildman–Crippen MR) is 122 cm³/mol. The molecule has 9 heteroatoms. The molecule has 4 aromatic rings. The summed E-state index contributed by atoms with van der Waals surface area (Å²) >= 11 is 4.67. The molecule has 1 N–H and O–H groups in total. The molecule has 4 rings (SSSR count). The van der Waals surface area contributed by atoms with E-state index in [9.17, 15) is 4.79 Å². The first-order chi connectivity index (χ1) is 14.1. The molecule has 0 spiro atoms. The number of nitrogens with zero attached hydrogens (tertiary/aromatic N) is 4. The highest BCUT2D eigenvalue weighted by atomic mass is 32.1. The Balaban J connectivity index is 1.56. The standard InChI is InChI=1S/C20H19N5OS3/c1-4-7-21-17-15-12(2)16(29-19(15)23-11-22-17)20(26)25(3)9-13-10-28-18(24-13)14-6-5-8-27-14/h4-6,8,10-11H,1,7,9H2,2-3H3,(H,21,22,23). The summed E-state index contributed by atoms with van der Waals surface area (Å²) in [5, 5.41) is 9.15. The maximum absolute atomic E-state index is 13.1. The molecule has 1 amide bonds. The van der Waals surface area contributed by atoms with Crippen LogP contribution in [0.25, 0.3) is 20.1 Å². The lowest BCUT2D eigenvalue weighted by atomic mass is 10.2. The van der Waals surface area contributed by atoms with Gasteiger partial charge in [0.1, 0.15) is 22.0 Å². The van der Waals surface area contributed by atoms with Gasteiger partial charge < -0.3 is 10.2 Å². The molecule has 4 heterocycles. The van der Waals surface area contributed by atoms with E-state index in [0.29, 0.717) is 18.0 Å². The fourth-order valence-corrected chi connectivity index (χ4v) is 5.73. The molecular formula is C20H19N5OS3. The topological polar surface area (TPSA) is 71.0 Å². The zero-order chi connectivity index (χ0) is 20.4. The predicted octanol–water partition coefficient (Wildman–Crippen LogP) is 5.05. The number of hydrogen-bond acceptors (Lipinski definition) is 8. The van der Waals surface area contributed by atoms with Crippen LogP contribution in [0, 0.1) is 6.92 Å². The second-order valence-electron chi connectivity index (χ2n) is 6.41. The number of carbonyl (C=O) groups is 1. The number of aromatic nitrogens is 3. The minimum atomic E-state index is -0.0363. The van der Waals surface area contributed by atoms with Gasteiger partial charge in [-0.3, -0.25) is 4.79 Å². The molecule has 0 aliphatic carbocycles. The van der Waals surface area contributed by atoms with Crippen molar-refractivity contribution in [1.29, 1.82) is 0 Å². The van der Waals surface area contributed by atoms with Crippen molar-refractivity contribution in [2.75, 3.05) is 18.9 Å². The minimum absolute atomic E-state index is 0.0363. The van der Waals surface area contributed by atoms with Crippen molar-refractivity contribution in [3.8, 4) is 9.88 Å². The first-order valence-electron chi connectivity index (χ1n) is 8.91.